The number of carbonyl (C=O) groups excluding carboxylic acids is 3. The lowest BCUT2D eigenvalue weighted by Crippen LogP contribution is -2.56. The highest BCUT2D eigenvalue weighted by Gasteiger charge is 2.75. The van der Waals surface area contributed by atoms with Crippen LogP contribution in [0.25, 0.3) is 0 Å². The maximum absolute atomic E-state index is 14.5. The first-order valence-corrected chi connectivity index (χ1v) is 13.3. The monoisotopic (exact) mass is 508 g/mol. The summed E-state index contributed by atoms with van der Waals surface area (Å²) in [4.78, 5) is 45.4. The zero-order valence-corrected chi connectivity index (χ0v) is 21.8. The van der Waals surface area contributed by atoms with Gasteiger partial charge >= 0.3 is 5.97 Å². The quantitative estimate of drug-likeness (QED) is 0.346. The van der Waals surface area contributed by atoms with Crippen molar-refractivity contribution in [3.63, 3.8) is 0 Å². The van der Waals surface area contributed by atoms with E-state index in [-0.39, 0.29) is 25.0 Å². The summed E-state index contributed by atoms with van der Waals surface area (Å²) in [6.45, 7) is 6.80. The molecule has 8 nitrogen and oxygen atoms in total. The van der Waals surface area contributed by atoms with Crippen molar-refractivity contribution in [3.05, 3.63) is 53.6 Å². The van der Waals surface area contributed by atoms with Crippen LogP contribution in [0.1, 0.15) is 43.7 Å². The van der Waals surface area contributed by atoms with Gasteiger partial charge in [0.25, 0.3) is 5.91 Å². The first-order valence-electron chi connectivity index (χ1n) is 13.3. The Balaban J connectivity index is 1.63. The van der Waals surface area contributed by atoms with Crippen molar-refractivity contribution in [3.8, 4) is 0 Å². The predicted octanol–water partition coefficient (Wildman–Crippen LogP) is 2.84. The lowest BCUT2D eigenvalue weighted by molar-refractivity contribution is -0.157. The van der Waals surface area contributed by atoms with E-state index < -0.39 is 35.0 Å². The molecule has 5 rings (SSSR count). The Morgan fingerprint density at radius 1 is 1.00 bits per heavy atom. The SMILES string of the molecule is CC[C@]12C=CCOC(=O)[C@H]1[C@H]1C(=O)N(CCCCCO)C3C(=O)N(c4c(C)cccc4C)CC=C[C@@]31O2. The van der Waals surface area contributed by atoms with E-state index in [4.69, 9.17) is 9.47 Å². The molecule has 8 heteroatoms. The Kier molecular flexibility index (Phi) is 6.75. The summed E-state index contributed by atoms with van der Waals surface area (Å²) >= 11 is 0. The number of aliphatic hydroxyl groups is 1. The van der Waals surface area contributed by atoms with Gasteiger partial charge in [-0.3, -0.25) is 14.4 Å². The minimum absolute atomic E-state index is 0.0777. The molecule has 4 heterocycles. The minimum Gasteiger partial charge on any atom is -0.461 e. The molecule has 0 radical (unpaired) electrons. The van der Waals surface area contributed by atoms with Gasteiger partial charge in [0.1, 0.15) is 29.8 Å². The number of cyclic esters (lactones) is 1. The van der Waals surface area contributed by atoms with Crippen molar-refractivity contribution in [2.45, 2.75) is 63.7 Å². The normalized spacial score (nSPS) is 32.6. The minimum atomic E-state index is -1.28. The molecule has 0 aromatic heterocycles. The number of benzene rings is 1. The van der Waals surface area contributed by atoms with Crippen LogP contribution in [0.4, 0.5) is 5.69 Å². The van der Waals surface area contributed by atoms with Gasteiger partial charge in [-0.25, -0.2) is 0 Å². The third kappa shape index (κ3) is 3.84. The molecule has 0 aliphatic carbocycles. The van der Waals surface area contributed by atoms with E-state index in [2.05, 4.69) is 0 Å². The maximum atomic E-state index is 14.5. The highest BCUT2D eigenvalue weighted by atomic mass is 16.6. The Hall–Kier alpha value is -2.97. The van der Waals surface area contributed by atoms with Crippen molar-refractivity contribution in [1.29, 1.82) is 0 Å². The molecule has 4 aliphatic rings. The number of hydrogen-bond acceptors (Lipinski definition) is 6. The molecule has 37 heavy (non-hydrogen) atoms. The summed E-state index contributed by atoms with van der Waals surface area (Å²) < 4.78 is 12.3. The van der Waals surface area contributed by atoms with Gasteiger partial charge in [0, 0.05) is 25.4 Å². The number of rotatable bonds is 7. The lowest BCUT2D eigenvalue weighted by atomic mass is 9.73. The predicted molar refractivity (Wildman–Crippen MR) is 138 cm³/mol. The number of likely N-dealkylation sites (tertiary alicyclic amines) is 1. The molecule has 2 amide bonds. The average molecular weight is 509 g/mol. The molecule has 1 N–H and O–H groups in total. The van der Waals surface area contributed by atoms with Crippen molar-refractivity contribution in [1.82, 2.24) is 4.90 Å². The molecule has 0 bridgehead atoms. The third-order valence-electron chi connectivity index (χ3n) is 8.46. The summed E-state index contributed by atoms with van der Waals surface area (Å²) in [5.74, 6) is -2.61. The van der Waals surface area contributed by atoms with Crippen LogP contribution in [0, 0.1) is 25.7 Å². The van der Waals surface area contributed by atoms with E-state index in [1.807, 2.05) is 57.2 Å². The number of para-hydroxylation sites is 1. The van der Waals surface area contributed by atoms with Crippen molar-refractivity contribution < 1.29 is 29.0 Å². The molecule has 0 saturated carbocycles. The first-order chi connectivity index (χ1) is 17.8. The topological polar surface area (TPSA) is 96.4 Å². The molecule has 198 valence electrons. The number of ether oxygens (including phenoxy) is 2. The Bertz CT molecular complexity index is 1140. The van der Waals surface area contributed by atoms with Crippen LogP contribution in [0.5, 0.6) is 0 Å². The number of unbranched alkanes of at least 4 members (excludes halogenated alkanes) is 2. The molecule has 1 spiro atoms. The van der Waals surface area contributed by atoms with Crippen molar-refractivity contribution in [2.24, 2.45) is 11.8 Å². The first kappa shape index (κ1) is 25.7. The standard InChI is InChI=1S/C29H36N2O6/c1-4-28-13-10-18-36-27(35)22(28)21-25(33)31(15-6-5-7-17-32)24-26(34)30(16-9-14-29(21,24)37-28)23-19(2)11-8-12-20(23)3/h8-14,21-22,24,32H,4-7,15-18H2,1-3H3/t21-,22+,24?,28-,29-/m0/s1. The second-order valence-corrected chi connectivity index (χ2v) is 10.6. The van der Waals surface area contributed by atoms with E-state index in [1.165, 1.54) is 0 Å². The van der Waals surface area contributed by atoms with Gasteiger partial charge < -0.3 is 24.4 Å². The summed E-state index contributed by atoms with van der Waals surface area (Å²) in [7, 11) is 0. The van der Waals surface area contributed by atoms with Gasteiger partial charge in [-0.1, -0.05) is 43.4 Å². The maximum Gasteiger partial charge on any atom is 0.313 e. The largest absolute Gasteiger partial charge is 0.461 e. The van der Waals surface area contributed by atoms with Crippen LogP contribution in [0.3, 0.4) is 0 Å². The Morgan fingerprint density at radius 2 is 1.76 bits per heavy atom. The van der Waals surface area contributed by atoms with Gasteiger partial charge in [-0.15, -0.1) is 0 Å². The molecule has 1 aromatic rings. The Labute approximate surface area is 217 Å². The molecule has 2 saturated heterocycles. The van der Waals surface area contributed by atoms with E-state index >= 15 is 0 Å². The van der Waals surface area contributed by atoms with Crippen LogP contribution < -0.4 is 4.90 Å². The van der Waals surface area contributed by atoms with Crippen LogP contribution in [0.2, 0.25) is 0 Å². The van der Waals surface area contributed by atoms with Gasteiger partial charge in [-0.2, -0.15) is 0 Å². The molecular formula is C29H36N2O6. The molecule has 2 fully saturated rings. The van der Waals surface area contributed by atoms with Gasteiger partial charge in [-0.05, 0) is 56.7 Å². The van der Waals surface area contributed by atoms with Gasteiger partial charge in [0.15, 0.2) is 0 Å². The number of aryl methyl sites for hydroxylation is 2. The van der Waals surface area contributed by atoms with Crippen molar-refractivity contribution in [2.75, 3.05) is 31.2 Å². The second kappa shape index (κ2) is 9.72. The number of carbonyl (C=O) groups is 3. The highest BCUT2D eigenvalue weighted by Crippen LogP contribution is 2.58. The van der Waals surface area contributed by atoms with Crippen LogP contribution in [-0.4, -0.2) is 71.3 Å². The molecule has 1 aromatic carbocycles. The third-order valence-corrected chi connectivity index (χ3v) is 8.46. The number of aliphatic hydroxyl groups excluding tert-OH is 1. The van der Waals surface area contributed by atoms with Gasteiger partial charge in [0.05, 0.1) is 5.92 Å². The number of hydrogen-bond donors (Lipinski definition) is 1. The number of fused-ring (bicyclic) bond motifs is 2. The summed E-state index contributed by atoms with van der Waals surface area (Å²) in [5, 5.41) is 9.23. The van der Waals surface area contributed by atoms with E-state index in [9.17, 15) is 19.5 Å². The zero-order chi connectivity index (χ0) is 26.4. The van der Waals surface area contributed by atoms with Crippen LogP contribution in [-0.2, 0) is 23.9 Å². The fourth-order valence-corrected chi connectivity index (χ4v) is 6.84. The smallest absolute Gasteiger partial charge is 0.313 e. The van der Waals surface area contributed by atoms with Crippen LogP contribution >= 0.6 is 0 Å². The number of anilines is 1. The highest BCUT2D eigenvalue weighted by molar-refractivity contribution is 6.06. The second-order valence-electron chi connectivity index (χ2n) is 10.6. The van der Waals surface area contributed by atoms with E-state index in [0.717, 1.165) is 23.2 Å². The van der Waals surface area contributed by atoms with E-state index in [1.54, 1.807) is 15.9 Å². The fraction of sp³-hybridized carbons (Fsp3) is 0.552. The number of esters is 1. The molecular weight excluding hydrogens is 472 g/mol. The zero-order valence-electron chi connectivity index (χ0n) is 21.8. The summed E-state index contributed by atoms with van der Waals surface area (Å²) in [5.41, 5.74) is 0.483. The fourth-order valence-electron chi connectivity index (χ4n) is 6.84. The van der Waals surface area contributed by atoms with Gasteiger partial charge in [0.2, 0.25) is 5.91 Å². The summed E-state index contributed by atoms with van der Waals surface area (Å²) in [6, 6.07) is 5.01. The molecule has 4 aliphatic heterocycles. The average Bonchev–Trinajstić information content (AvgIpc) is 3.15. The van der Waals surface area contributed by atoms with Crippen LogP contribution in [0.15, 0.2) is 42.5 Å². The number of nitrogens with zero attached hydrogens (tertiary/aromatic N) is 2. The molecule has 1 unspecified atom stereocenters. The van der Waals surface area contributed by atoms with Crippen molar-refractivity contribution >= 4 is 23.5 Å². The number of amides is 2. The Morgan fingerprint density at radius 3 is 2.46 bits per heavy atom. The lowest BCUT2D eigenvalue weighted by Gasteiger charge is -2.38. The van der Waals surface area contributed by atoms with E-state index in [0.29, 0.717) is 32.4 Å². The molecule has 5 atom stereocenters. The summed E-state index contributed by atoms with van der Waals surface area (Å²) in [6.07, 6.45) is 9.87.